The number of anilines is 1. The van der Waals surface area contributed by atoms with E-state index >= 15 is 0 Å². The van der Waals surface area contributed by atoms with Crippen molar-refractivity contribution >= 4 is 22.4 Å². The standard InChI is InChI=1S/C25H21FN2O2S/c1-15-7-9-20(10-8-15)30-21-11-16(2)23(17(3)12-21)22-14-31-25(27-22)28-24(29)18-5-4-6-19(26)13-18/h4-14H,1-3H3,(H,27,28,29). The van der Waals surface area contributed by atoms with Gasteiger partial charge in [-0.05, 0) is 74.4 Å². The second kappa shape index (κ2) is 8.70. The highest BCUT2D eigenvalue weighted by Crippen LogP contribution is 2.34. The van der Waals surface area contributed by atoms with E-state index in [0.29, 0.717) is 5.13 Å². The van der Waals surface area contributed by atoms with Gasteiger partial charge in [0.2, 0.25) is 0 Å². The molecule has 0 bridgehead atoms. The summed E-state index contributed by atoms with van der Waals surface area (Å²) in [7, 11) is 0. The second-order valence-electron chi connectivity index (χ2n) is 7.35. The third kappa shape index (κ3) is 4.81. The van der Waals surface area contributed by atoms with E-state index in [1.807, 2.05) is 62.5 Å². The molecule has 4 rings (SSSR count). The summed E-state index contributed by atoms with van der Waals surface area (Å²) in [5, 5.41) is 5.10. The van der Waals surface area contributed by atoms with E-state index < -0.39 is 11.7 Å². The van der Waals surface area contributed by atoms with E-state index in [1.165, 1.54) is 35.1 Å². The number of aromatic nitrogens is 1. The van der Waals surface area contributed by atoms with Crippen molar-refractivity contribution in [1.82, 2.24) is 4.98 Å². The first kappa shape index (κ1) is 20.8. The van der Waals surface area contributed by atoms with Crippen LogP contribution in [0.25, 0.3) is 11.3 Å². The molecule has 156 valence electrons. The predicted molar refractivity (Wildman–Crippen MR) is 123 cm³/mol. The molecule has 4 nitrogen and oxygen atoms in total. The smallest absolute Gasteiger partial charge is 0.257 e. The number of aryl methyl sites for hydroxylation is 3. The Balaban J connectivity index is 1.54. The van der Waals surface area contributed by atoms with Gasteiger partial charge in [-0.3, -0.25) is 10.1 Å². The van der Waals surface area contributed by atoms with E-state index in [1.54, 1.807) is 6.07 Å². The van der Waals surface area contributed by atoms with Gasteiger partial charge >= 0.3 is 0 Å². The molecule has 0 fully saturated rings. The molecule has 6 heteroatoms. The van der Waals surface area contributed by atoms with Crippen molar-refractivity contribution in [2.45, 2.75) is 20.8 Å². The molecule has 0 aliphatic heterocycles. The number of hydrogen-bond donors (Lipinski definition) is 1. The van der Waals surface area contributed by atoms with E-state index in [2.05, 4.69) is 10.3 Å². The molecular weight excluding hydrogens is 411 g/mol. The van der Waals surface area contributed by atoms with Gasteiger partial charge in [0.1, 0.15) is 17.3 Å². The summed E-state index contributed by atoms with van der Waals surface area (Å²) in [6.07, 6.45) is 0. The normalized spacial score (nSPS) is 10.7. The minimum atomic E-state index is -0.452. The number of nitrogens with zero attached hydrogens (tertiary/aromatic N) is 1. The number of hydrogen-bond acceptors (Lipinski definition) is 4. The lowest BCUT2D eigenvalue weighted by Crippen LogP contribution is -2.11. The minimum Gasteiger partial charge on any atom is -0.457 e. The van der Waals surface area contributed by atoms with Gasteiger partial charge in [0.05, 0.1) is 5.69 Å². The summed E-state index contributed by atoms with van der Waals surface area (Å²) in [5.74, 6) is 0.702. The van der Waals surface area contributed by atoms with Crippen LogP contribution in [0, 0.1) is 26.6 Å². The SMILES string of the molecule is Cc1ccc(Oc2cc(C)c(-c3csc(NC(=O)c4cccc(F)c4)n3)c(C)c2)cc1. The van der Waals surface area contributed by atoms with Gasteiger partial charge in [0.15, 0.2) is 5.13 Å². The lowest BCUT2D eigenvalue weighted by Gasteiger charge is -2.12. The first-order chi connectivity index (χ1) is 14.9. The largest absolute Gasteiger partial charge is 0.457 e. The lowest BCUT2D eigenvalue weighted by atomic mass is 10.0. The highest BCUT2D eigenvalue weighted by atomic mass is 32.1. The summed E-state index contributed by atoms with van der Waals surface area (Å²) < 4.78 is 19.4. The molecular formula is C25H21FN2O2S. The Morgan fingerprint density at radius 1 is 0.968 bits per heavy atom. The van der Waals surface area contributed by atoms with Crippen molar-refractivity contribution < 1.29 is 13.9 Å². The van der Waals surface area contributed by atoms with Crippen molar-refractivity contribution in [2.75, 3.05) is 5.32 Å². The number of carbonyl (C=O) groups is 1. The first-order valence-corrected chi connectivity index (χ1v) is 10.7. The zero-order chi connectivity index (χ0) is 22.0. The maximum atomic E-state index is 13.4. The molecule has 4 aromatic rings. The average Bonchev–Trinajstić information content (AvgIpc) is 3.17. The number of nitrogens with one attached hydrogen (secondary N) is 1. The summed E-state index contributed by atoms with van der Waals surface area (Å²) in [6, 6.07) is 17.4. The van der Waals surface area contributed by atoms with Crippen LogP contribution in [0.2, 0.25) is 0 Å². The number of thiazole rings is 1. The van der Waals surface area contributed by atoms with Crippen LogP contribution >= 0.6 is 11.3 Å². The van der Waals surface area contributed by atoms with Gasteiger partial charge in [-0.25, -0.2) is 9.37 Å². The molecule has 0 aliphatic carbocycles. The topological polar surface area (TPSA) is 51.2 Å². The van der Waals surface area contributed by atoms with E-state index in [9.17, 15) is 9.18 Å². The first-order valence-electron chi connectivity index (χ1n) is 9.77. The molecule has 0 aliphatic rings. The van der Waals surface area contributed by atoms with E-state index in [-0.39, 0.29) is 5.56 Å². The Bertz CT molecular complexity index is 1230. The van der Waals surface area contributed by atoms with Gasteiger partial charge in [-0.1, -0.05) is 23.8 Å². The number of amides is 1. The number of rotatable bonds is 5. The molecule has 1 aromatic heterocycles. The van der Waals surface area contributed by atoms with Gasteiger partial charge in [-0.15, -0.1) is 11.3 Å². The average molecular weight is 433 g/mol. The molecule has 3 aromatic carbocycles. The van der Waals surface area contributed by atoms with Crippen LogP contribution < -0.4 is 10.1 Å². The number of ether oxygens (including phenoxy) is 1. The van der Waals surface area contributed by atoms with Crippen molar-refractivity contribution in [3.05, 3.63) is 94.1 Å². The van der Waals surface area contributed by atoms with Crippen LogP contribution in [0.1, 0.15) is 27.0 Å². The zero-order valence-electron chi connectivity index (χ0n) is 17.4. The van der Waals surface area contributed by atoms with E-state index in [0.717, 1.165) is 33.9 Å². The molecule has 0 spiro atoms. The fourth-order valence-corrected chi connectivity index (χ4v) is 4.07. The second-order valence-corrected chi connectivity index (χ2v) is 8.21. The van der Waals surface area contributed by atoms with Gasteiger partial charge < -0.3 is 4.74 Å². The predicted octanol–water partition coefficient (Wildman–Crippen LogP) is 6.92. The quantitative estimate of drug-likeness (QED) is 0.372. The summed E-state index contributed by atoms with van der Waals surface area (Å²) >= 11 is 1.33. The van der Waals surface area contributed by atoms with Crippen LogP contribution in [0.3, 0.4) is 0 Å². The van der Waals surface area contributed by atoms with Crippen LogP contribution in [0.15, 0.2) is 66.0 Å². The van der Waals surface area contributed by atoms with Crippen LogP contribution in [0.5, 0.6) is 11.5 Å². The maximum absolute atomic E-state index is 13.4. The lowest BCUT2D eigenvalue weighted by molar-refractivity contribution is 0.102. The molecule has 1 heterocycles. The fourth-order valence-electron chi connectivity index (χ4n) is 3.37. The Morgan fingerprint density at radius 3 is 2.35 bits per heavy atom. The highest BCUT2D eigenvalue weighted by molar-refractivity contribution is 7.14. The Hall–Kier alpha value is -3.51. The third-order valence-electron chi connectivity index (χ3n) is 4.83. The highest BCUT2D eigenvalue weighted by Gasteiger charge is 2.14. The van der Waals surface area contributed by atoms with Crippen LogP contribution in [-0.4, -0.2) is 10.9 Å². The molecule has 1 amide bonds. The molecule has 0 saturated carbocycles. The summed E-state index contributed by atoms with van der Waals surface area (Å²) in [6.45, 7) is 6.05. The van der Waals surface area contributed by atoms with Crippen molar-refractivity contribution in [2.24, 2.45) is 0 Å². The maximum Gasteiger partial charge on any atom is 0.257 e. The van der Waals surface area contributed by atoms with Crippen LogP contribution in [-0.2, 0) is 0 Å². The van der Waals surface area contributed by atoms with Gasteiger partial charge in [0, 0.05) is 16.5 Å². The molecule has 31 heavy (non-hydrogen) atoms. The number of benzene rings is 3. The Kier molecular flexibility index (Phi) is 5.82. The molecule has 0 saturated heterocycles. The third-order valence-corrected chi connectivity index (χ3v) is 5.59. The van der Waals surface area contributed by atoms with E-state index in [4.69, 9.17) is 4.74 Å². The number of carbonyl (C=O) groups excluding carboxylic acids is 1. The monoisotopic (exact) mass is 432 g/mol. The van der Waals surface area contributed by atoms with Crippen molar-refractivity contribution in [3.8, 4) is 22.8 Å². The fraction of sp³-hybridized carbons (Fsp3) is 0.120. The van der Waals surface area contributed by atoms with Crippen LogP contribution in [0.4, 0.5) is 9.52 Å². The van der Waals surface area contributed by atoms with Crippen molar-refractivity contribution in [1.29, 1.82) is 0 Å². The summed E-state index contributed by atoms with van der Waals surface area (Å²) in [4.78, 5) is 16.9. The van der Waals surface area contributed by atoms with Crippen molar-refractivity contribution in [3.63, 3.8) is 0 Å². The molecule has 0 atom stereocenters. The molecule has 1 N–H and O–H groups in total. The summed E-state index contributed by atoms with van der Waals surface area (Å²) in [5.41, 5.74) is 5.25. The Morgan fingerprint density at radius 2 is 1.68 bits per heavy atom. The van der Waals surface area contributed by atoms with Gasteiger partial charge in [-0.2, -0.15) is 0 Å². The Labute approximate surface area is 184 Å². The molecule has 0 radical (unpaired) electrons. The zero-order valence-corrected chi connectivity index (χ0v) is 18.2. The van der Waals surface area contributed by atoms with Gasteiger partial charge in [0.25, 0.3) is 5.91 Å². The minimum absolute atomic E-state index is 0.252. The molecule has 0 unspecified atom stereocenters. The number of halogens is 1.